The molecule has 0 saturated carbocycles. The van der Waals surface area contributed by atoms with Gasteiger partial charge in [0, 0.05) is 0 Å². The summed E-state index contributed by atoms with van der Waals surface area (Å²) in [7, 11) is 1.48. The quantitative estimate of drug-likeness (QED) is 0.332. The van der Waals surface area contributed by atoms with Gasteiger partial charge in [-0.05, 0) is 5.87 Å². The Morgan fingerprint density at radius 1 is 1.89 bits per heavy atom. The highest BCUT2D eigenvalue weighted by atomic mass is 16.7. The Kier molecular flexibility index (Phi) is 4.25. The van der Waals surface area contributed by atoms with Crippen LogP contribution in [0.1, 0.15) is 0 Å². The molecule has 0 aromatic carbocycles. The van der Waals surface area contributed by atoms with E-state index in [1.807, 2.05) is 5.87 Å². The fourth-order valence-electron chi connectivity index (χ4n) is 0.325. The molecule has 0 aliphatic carbocycles. The Morgan fingerprint density at radius 3 is 2.89 bits per heavy atom. The summed E-state index contributed by atoms with van der Waals surface area (Å²) in [6.07, 6.45) is 6.27. The van der Waals surface area contributed by atoms with Crippen molar-refractivity contribution in [2.24, 2.45) is 0 Å². The first kappa shape index (κ1) is 7.77. The van der Waals surface area contributed by atoms with Crippen LogP contribution in [0.2, 0.25) is 0 Å². The molecule has 3 nitrogen and oxygen atoms in total. The summed E-state index contributed by atoms with van der Waals surface area (Å²) in [5, 5.41) is 7.85. The highest BCUT2D eigenvalue weighted by molar-refractivity contribution is 5.46. The average Bonchev–Trinajstić information content (AvgIpc) is 1.88. The molecule has 0 radical (unpaired) electrons. The van der Waals surface area contributed by atoms with Crippen LogP contribution in [0, 0.1) is 17.8 Å². The third-order valence-corrected chi connectivity index (χ3v) is 0.690. The summed E-state index contributed by atoms with van der Waals surface area (Å²) in [5.41, 5.74) is 0. The molecule has 0 saturated heterocycles. The smallest absolute Gasteiger partial charge is 0.106 e. The summed E-state index contributed by atoms with van der Waals surface area (Å²) in [5.74, 6) is 4.38. The van der Waals surface area contributed by atoms with Gasteiger partial charge >= 0.3 is 0 Å². The van der Waals surface area contributed by atoms with E-state index in [4.69, 9.17) is 11.8 Å². The van der Waals surface area contributed by atoms with Crippen LogP contribution in [0.4, 0.5) is 0 Å². The zero-order valence-electron chi connectivity index (χ0n) is 5.22. The van der Waals surface area contributed by atoms with E-state index < -0.39 is 0 Å². The predicted octanol–water partition coefficient (Wildman–Crippen LogP) is 0.245. The van der Waals surface area contributed by atoms with Crippen molar-refractivity contribution in [3.05, 3.63) is 6.20 Å². The van der Waals surface area contributed by atoms with Gasteiger partial charge in [0.05, 0.1) is 13.3 Å². The van der Waals surface area contributed by atoms with Crippen molar-refractivity contribution in [1.29, 1.82) is 5.41 Å². The van der Waals surface area contributed by atoms with Gasteiger partial charge in [-0.25, -0.2) is 5.06 Å². The second kappa shape index (κ2) is 4.92. The lowest BCUT2D eigenvalue weighted by Gasteiger charge is -2.10. The molecule has 0 aliphatic heterocycles. The highest BCUT2D eigenvalue weighted by Crippen LogP contribution is 1.83. The van der Waals surface area contributed by atoms with Crippen LogP contribution < -0.4 is 0 Å². The first-order chi connectivity index (χ1) is 4.35. The standard InChI is InChI=1S/C6H8N2O/c1-3-5-8(9-2)6-4-7/h1,6-7H,5H2,2H3. The largest absolute Gasteiger partial charge is 0.276 e. The third-order valence-electron chi connectivity index (χ3n) is 0.690. The lowest BCUT2D eigenvalue weighted by molar-refractivity contribution is -0.0750. The number of hydroxylamine groups is 2. The number of hydrogen-bond acceptors (Lipinski definition) is 3. The molecule has 1 N–H and O–H groups in total. The normalized spacial score (nSPS) is 7.11. The summed E-state index contributed by atoms with van der Waals surface area (Å²) in [6.45, 7) is 0.336. The van der Waals surface area contributed by atoms with E-state index in [1.54, 1.807) is 0 Å². The van der Waals surface area contributed by atoms with Crippen LogP contribution in [0.5, 0.6) is 0 Å². The molecule has 0 amide bonds. The molecular weight excluding hydrogens is 116 g/mol. The van der Waals surface area contributed by atoms with Crippen LogP contribution >= 0.6 is 0 Å². The van der Waals surface area contributed by atoms with Gasteiger partial charge in [0.2, 0.25) is 0 Å². The van der Waals surface area contributed by atoms with Crippen LogP contribution in [0.15, 0.2) is 6.20 Å². The monoisotopic (exact) mass is 124 g/mol. The zero-order valence-corrected chi connectivity index (χ0v) is 5.22. The van der Waals surface area contributed by atoms with E-state index >= 15 is 0 Å². The summed E-state index contributed by atoms with van der Waals surface area (Å²) < 4.78 is 0. The van der Waals surface area contributed by atoms with Crippen molar-refractivity contribution >= 4 is 5.87 Å². The van der Waals surface area contributed by atoms with Gasteiger partial charge in [0.25, 0.3) is 0 Å². The number of nitrogens with one attached hydrogen (secondary N) is 1. The van der Waals surface area contributed by atoms with Gasteiger partial charge in [-0.3, -0.25) is 10.2 Å². The third kappa shape index (κ3) is 3.36. The van der Waals surface area contributed by atoms with Crippen LogP contribution in [0.3, 0.4) is 0 Å². The molecule has 0 unspecified atom stereocenters. The second-order valence-corrected chi connectivity index (χ2v) is 1.24. The van der Waals surface area contributed by atoms with Crippen molar-refractivity contribution in [1.82, 2.24) is 5.06 Å². The summed E-state index contributed by atoms with van der Waals surface area (Å²) >= 11 is 0. The van der Waals surface area contributed by atoms with Gasteiger partial charge in [-0.1, -0.05) is 5.92 Å². The Morgan fingerprint density at radius 2 is 2.56 bits per heavy atom. The molecule has 9 heavy (non-hydrogen) atoms. The van der Waals surface area contributed by atoms with Gasteiger partial charge in [-0.2, -0.15) is 0 Å². The second-order valence-electron chi connectivity index (χ2n) is 1.24. The molecular formula is C6H8N2O. The van der Waals surface area contributed by atoms with E-state index in [2.05, 4.69) is 10.8 Å². The molecule has 0 rings (SSSR count). The Labute approximate surface area is 54.4 Å². The SMILES string of the molecule is C#CCN(C=C=N)OC. The molecule has 3 heteroatoms. The minimum atomic E-state index is 0.336. The average molecular weight is 124 g/mol. The van der Waals surface area contributed by atoms with Crippen molar-refractivity contribution in [3.63, 3.8) is 0 Å². The summed E-state index contributed by atoms with van der Waals surface area (Å²) in [4.78, 5) is 4.68. The topological polar surface area (TPSA) is 36.3 Å². The zero-order chi connectivity index (χ0) is 7.11. The van der Waals surface area contributed by atoms with Crippen LogP contribution in [-0.4, -0.2) is 24.6 Å². The van der Waals surface area contributed by atoms with E-state index in [1.165, 1.54) is 18.4 Å². The maximum Gasteiger partial charge on any atom is 0.106 e. The van der Waals surface area contributed by atoms with Crippen molar-refractivity contribution in [3.8, 4) is 12.3 Å². The fraction of sp³-hybridized carbons (Fsp3) is 0.333. The molecule has 0 aliphatic rings. The molecule has 0 heterocycles. The maximum atomic E-state index is 6.52. The predicted molar refractivity (Wildman–Crippen MR) is 34.8 cm³/mol. The Hall–Kier alpha value is -1.23. The minimum Gasteiger partial charge on any atom is -0.276 e. The van der Waals surface area contributed by atoms with Crippen LogP contribution in [-0.2, 0) is 4.84 Å². The lowest BCUT2D eigenvalue weighted by atomic mass is 10.6. The van der Waals surface area contributed by atoms with Gasteiger partial charge in [0.15, 0.2) is 0 Å². The molecule has 0 spiro atoms. The molecule has 0 aromatic heterocycles. The lowest BCUT2D eigenvalue weighted by Crippen LogP contribution is -2.15. The Balaban J connectivity index is 3.71. The van der Waals surface area contributed by atoms with Gasteiger partial charge in [0.1, 0.15) is 6.54 Å². The number of hydrogen-bond donors (Lipinski definition) is 1. The number of nitrogens with zero attached hydrogens (tertiary/aromatic N) is 1. The molecule has 0 bridgehead atoms. The van der Waals surface area contributed by atoms with Crippen molar-refractivity contribution in [2.45, 2.75) is 0 Å². The number of rotatable bonds is 3. The van der Waals surface area contributed by atoms with E-state index in [9.17, 15) is 0 Å². The van der Waals surface area contributed by atoms with Gasteiger partial charge in [-0.15, -0.1) is 6.42 Å². The van der Waals surface area contributed by atoms with E-state index in [0.29, 0.717) is 6.54 Å². The molecule has 48 valence electrons. The first-order valence-corrected chi connectivity index (χ1v) is 2.35. The molecule has 0 atom stereocenters. The van der Waals surface area contributed by atoms with E-state index in [-0.39, 0.29) is 0 Å². The number of terminal acetylenes is 1. The van der Waals surface area contributed by atoms with E-state index in [0.717, 1.165) is 0 Å². The Bertz CT molecular complexity index is 153. The summed E-state index contributed by atoms with van der Waals surface area (Å²) in [6, 6.07) is 0. The minimum absolute atomic E-state index is 0.336. The first-order valence-electron chi connectivity index (χ1n) is 2.35. The van der Waals surface area contributed by atoms with Crippen molar-refractivity contribution in [2.75, 3.05) is 13.7 Å². The van der Waals surface area contributed by atoms with Crippen molar-refractivity contribution < 1.29 is 4.84 Å². The van der Waals surface area contributed by atoms with Crippen LogP contribution in [0.25, 0.3) is 0 Å². The maximum absolute atomic E-state index is 6.52. The highest BCUT2D eigenvalue weighted by Gasteiger charge is 1.88. The molecule has 0 aromatic rings. The fourth-order valence-corrected chi connectivity index (χ4v) is 0.325. The molecule has 0 fully saturated rings. The van der Waals surface area contributed by atoms with Gasteiger partial charge < -0.3 is 0 Å².